The second-order valence-electron chi connectivity index (χ2n) is 5.74. The molecule has 1 aliphatic heterocycles. The lowest BCUT2D eigenvalue weighted by molar-refractivity contribution is -0.127. The molecule has 6 heteroatoms. The second-order valence-corrected chi connectivity index (χ2v) is 7.05. The maximum atomic E-state index is 13.1. The predicted octanol–water partition coefficient (Wildman–Crippen LogP) is 4.01. The molecule has 1 saturated heterocycles. The minimum atomic E-state index is -0.374. The zero-order valence-corrected chi connectivity index (χ0v) is 15.7. The normalized spacial score (nSPS) is 16.9. The lowest BCUT2D eigenvalue weighted by Crippen LogP contribution is -2.56. The van der Waals surface area contributed by atoms with Crippen molar-refractivity contribution in [2.45, 2.75) is 20.3 Å². The first-order chi connectivity index (χ1) is 12.0. The average Bonchev–Trinajstić information content (AvgIpc) is 3.01. The Balaban J connectivity index is 2.10. The topological polar surface area (TPSA) is 40.6 Å². The van der Waals surface area contributed by atoms with Gasteiger partial charge in [0.1, 0.15) is 5.57 Å². The third-order valence-electron chi connectivity index (χ3n) is 3.97. The van der Waals surface area contributed by atoms with Crippen LogP contribution in [0.2, 0.25) is 0 Å². The molecule has 3 rings (SSSR count). The van der Waals surface area contributed by atoms with Crippen molar-refractivity contribution in [1.29, 1.82) is 0 Å². The first kappa shape index (κ1) is 17.5. The van der Waals surface area contributed by atoms with Crippen molar-refractivity contribution >= 4 is 52.2 Å². The molecular formula is C19H18N2O2S2. The van der Waals surface area contributed by atoms with Gasteiger partial charge in [0.15, 0.2) is 5.11 Å². The van der Waals surface area contributed by atoms with E-state index in [1.165, 1.54) is 21.1 Å². The monoisotopic (exact) mass is 370 g/mol. The Hall–Kier alpha value is -2.31. The Labute approximate surface area is 156 Å². The summed E-state index contributed by atoms with van der Waals surface area (Å²) in [5, 5.41) is 2.19. The number of para-hydroxylation sites is 1. The molecule has 0 unspecified atom stereocenters. The smallest absolute Gasteiger partial charge is 0.270 e. The van der Waals surface area contributed by atoms with Gasteiger partial charge in [-0.1, -0.05) is 25.1 Å². The zero-order chi connectivity index (χ0) is 18.0. The van der Waals surface area contributed by atoms with Crippen molar-refractivity contribution in [3.63, 3.8) is 0 Å². The Morgan fingerprint density at radius 3 is 2.44 bits per heavy atom. The van der Waals surface area contributed by atoms with E-state index >= 15 is 0 Å². The van der Waals surface area contributed by atoms with E-state index in [-0.39, 0.29) is 22.5 Å². The van der Waals surface area contributed by atoms with E-state index in [4.69, 9.17) is 12.2 Å². The van der Waals surface area contributed by atoms with Gasteiger partial charge in [-0.15, -0.1) is 11.3 Å². The second kappa shape index (κ2) is 7.29. The zero-order valence-electron chi connectivity index (χ0n) is 14.1. The van der Waals surface area contributed by atoms with Crippen LogP contribution in [0.4, 0.5) is 5.69 Å². The highest BCUT2D eigenvalue weighted by atomic mass is 32.1. The lowest BCUT2D eigenvalue weighted by Gasteiger charge is -2.36. The Bertz CT molecular complexity index is 855. The molecule has 0 bridgehead atoms. The van der Waals surface area contributed by atoms with Gasteiger partial charge < -0.3 is 0 Å². The first-order valence-corrected chi connectivity index (χ1v) is 9.34. The van der Waals surface area contributed by atoms with E-state index in [1.54, 1.807) is 6.08 Å². The number of nitrogens with zero attached hydrogens (tertiary/aromatic N) is 2. The van der Waals surface area contributed by atoms with Gasteiger partial charge in [-0.05, 0) is 60.8 Å². The summed E-state index contributed by atoms with van der Waals surface area (Å²) in [6.07, 6.45) is 2.44. The van der Waals surface area contributed by atoms with Crippen molar-refractivity contribution < 1.29 is 9.59 Å². The summed E-state index contributed by atoms with van der Waals surface area (Å²) in [7, 11) is 0. The average molecular weight is 370 g/mol. The van der Waals surface area contributed by atoms with E-state index in [2.05, 4.69) is 0 Å². The van der Waals surface area contributed by atoms with Gasteiger partial charge in [0.25, 0.3) is 11.8 Å². The highest BCUT2D eigenvalue weighted by molar-refractivity contribution is 7.80. The summed E-state index contributed by atoms with van der Waals surface area (Å²) < 4.78 is 0. The van der Waals surface area contributed by atoms with Gasteiger partial charge in [0.2, 0.25) is 0 Å². The molecule has 0 aliphatic carbocycles. The van der Waals surface area contributed by atoms with E-state index in [9.17, 15) is 9.59 Å². The number of carbonyl (C=O) groups is 2. The minimum absolute atomic E-state index is 0.149. The van der Waals surface area contributed by atoms with Crippen molar-refractivity contribution in [3.05, 3.63) is 57.8 Å². The fourth-order valence-corrected chi connectivity index (χ4v) is 3.89. The molecule has 2 aromatic rings. The number of benzene rings is 1. The first-order valence-electron chi connectivity index (χ1n) is 8.05. The van der Waals surface area contributed by atoms with Crippen LogP contribution < -0.4 is 4.90 Å². The van der Waals surface area contributed by atoms with E-state index < -0.39 is 0 Å². The number of hydrogen-bond donors (Lipinski definition) is 0. The molecule has 0 spiro atoms. The largest absolute Gasteiger partial charge is 0.284 e. The van der Waals surface area contributed by atoms with Crippen LogP contribution in [0.25, 0.3) is 6.08 Å². The fourth-order valence-electron chi connectivity index (χ4n) is 2.66. The molecule has 0 saturated carbocycles. The molecule has 4 nitrogen and oxygen atoms in total. The molecule has 1 aromatic carbocycles. The highest BCUT2D eigenvalue weighted by Crippen LogP contribution is 2.28. The number of carbonyl (C=O) groups excluding carboxylic acids is 2. The van der Waals surface area contributed by atoms with Crippen LogP contribution in [0.5, 0.6) is 0 Å². The SMILES string of the molecule is CCCN1C(=O)/C(=C\c2sccc2C)C(=O)N(c2ccccc2)C1=S. The molecule has 0 atom stereocenters. The van der Waals surface area contributed by atoms with Crippen molar-refractivity contribution in [2.75, 3.05) is 11.4 Å². The summed E-state index contributed by atoms with van der Waals surface area (Å²) in [4.78, 5) is 29.8. The molecule has 0 N–H and O–H groups in total. The predicted molar refractivity (Wildman–Crippen MR) is 106 cm³/mol. The van der Waals surface area contributed by atoms with Crippen molar-refractivity contribution in [3.8, 4) is 0 Å². The summed E-state index contributed by atoms with van der Waals surface area (Å²) in [6, 6.07) is 11.2. The van der Waals surface area contributed by atoms with Gasteiger partial charge in [0, 0.05) is 11.4 Å². The standard InChI is InChI=1S/C19H18N2O2S2/c1-3-10-20-17(22)15(12-16-13(2)9-11-25-16)18(23)21(19(20)24)14-7-5-4-6-8-14/h4-9,11-12H,3,10H2,1-2H3/b15-12+. The summed E-state index contributed by atoms with van der Waals surface area (Å²) in [5.41, 5.74) is 1.86. The summed E-state index contributed by atoms with van der Waals surface area (Å²) in [5.74, 6) is -0.696. The molecule has 25 heavy (non-hydrogen) atoms. The van der Waals surface area contributed by atoms with Crippen LogP contribution in [0.3, 0.4) is 0 Å². The van der Waals surface area contributed by atoms with Gasteiger partial charge >= 0.3 is 0 Å². The van der Waals surface area contributed by atoms with Gasteiger partial charge in [-0.2, -0.15) is 0 Å². The van der Waals surface area contributed by atoms with Crippen LogP contribution in [-0.2, 0) is 9.59 Å². The van der Waals surface area contributed by atoms with Crippen LogP contribution in [0, 0.1) is 6.92 Å². The number of anilines is 1. The Morgan fingerprint density at radius 1 is 1.12 bits per heavy atom. The van der Waals surface area contributed by atoms with Crippen LogP contribution in [0.1, 0.15) is 23.8 Å². The Morgan fingerprint density at radius 2 is 1.84 bits per heavy atom. The lowest BCUT2D eigenvalue weighted by atomic mass is 10.1. The van der Waals surface area contributed by atoms with Crippen LogP contribution in [0.15, 0.2) is 47.4 Å². The number of rotatable bonds is 4. The summed E-state index contributed by atoms with van der Waals surface area (Å²) >= 11 is 6.97. The third kappa shape index (κ3) is 3.27. The number of aryl methyl sites for hydroxylation is 1. The minimum Gasteiger partial charge on any atom is -0.284 e. The highest BCUT2D eigenvalue weighted by Gasteiger charge is 2.39. The third-order valence-corrected chi connectivity index (χ3v) is 5.34. The number of thiocarbonyl (C=S) groups is 1. The van der Waals surface area contributed by atoms with E-state index in [1.807, 2.05) is 55.6 Å². The molecule has 1 fully saturated rings. The van der Waals surface area contributed by atoms with E-state index in [0.717, 1.165) is 16.9 Å². The van der Waals surface area contributed by atoms with Gasteiger partial charge in [0.05, 0.1) is 5.69 Å². The number of hydrogen-bond acceptors (Lipinski definition) is 4. The van der Waals surface area contributed by atoms with Gasteiger partial charge in [-0.25, -0.2) is 0 Å². The number of thiophene rings is 1. The quantitative estimate of drug-likeness (QED) is 0.464. The molecular weight excluding hydrogens is 352 g/mol. The molecule has 2 amide bonds. The molecule has 1 aromatic heterocycles. The maximum Gasteiger partial charge on any atom is 0.270 e. The summed E-state index contributed by atoms with van der Waals surface area (Å²) in [6.45, 7) is 4.42. The molecule has 1 aliphatic rings. The van der Waals surface area contributed by atoms with Crippen molar-refractivity contribution in [2.24, 2.45) is 0 Å². The molecule has 128 valence electrons. The maximum absolute atomic E-state index is 13.1. The van der Waals surface area contributed by atoms with E-state index in [0.29, 0.717) is 12.2 Å². The molecule has 2 heterocycles. The van der Waals surface area contributed by atoms with Gasteiger partial charge in [-0.3, -0.25) is 19.4 Å². The van der Waals surface area contributed by atoms with Crippen molar-refractivity contribution in [1.82, 2.24) is 4.90 Å². The van der Waals surface area contributed by atoms with Crippen LogP contribution in [-0.4, -0.2) is 28.4 Å². The fraction of sp³-hybridized carbons (Fsp3) is 0.211. The van der Waals surface area contributed by atoms with Crippen LogP contribution >= 0.6 is 23.6 Å². The Kier molecular flexibility index (Phi) is 5.11. The molecule has 0 radical (unpaired) electrons. The number of amides is 2.